The minimum Gasteiger partial charge on any atom is -0.329 e. The van der Waals surface area contributed by atoms with Gasteiger partial charge in [0.05, 0.1) is 0 Å². The molecule has 1 aromatic carbocycles. The highest BCUT2D eigenvalue weighted by molar-refractivity contribution is 6.31. The second-order valence-electron chi connectivity index (χ2n) is 5.42. The Morgan fingerprint density at radius 3 is 2.50 bits per heavy atom. The SMILES string of the molecule is Cc1ccc(C(CN)N(C)CCC(C)C)cc1Cl. The van der Waals surface area contributed by atoms with Crippen LogP contribution in [0.2, 0.25) is 5.02 Å². The number of likely N-dealkylation sites (N-methyl/N-ethyl adjacent to an activating group) is 1. The molecule has 0 saturated heterocycles. The van der Waals surface area contributed by atoms with E-state index in [2.05, 4.69) is 37.9 Å². The summed E-state index contributed by atoms with van der Waals surface area (Å²) in [5, 5.41) is 0.822. The maximum Gasteiger partial charge on any atom is 0.0467 e. The van der Waals surface area contributed by atoms with Crippen molar-refractivity contribution in [2.75, 3.05) is 20.1 Å². The minimum absolute atomic E-state index is 0.252. The average molecular weight is 269 g/mol. The van der Waals surface area contributed by atoms with E-state index in [0.29, 0.717) is 12.5 Å². The standard InChI is InChI=1S/C15H25ClN2/c1-11(2)7-8-18(4)15(10-17)13-6-5-12(3)14(16)9-13/h5-6,9,11,15H,7-8,10,17H2,1-4H3. The Morgan fingerprint density at radius 2 is 2.00 bits per heavy atom. The number of aryl methyl sites for hydroxylation is 1. The molecule has 0 aliphatic heterocycles. The van der Waals surface area contributed by atoms with E-state index in [1.807, 2.05) is 13.0 Å². The predicted octanol–water partition coefficient (Wildman–Crippen LogP) is 3.63. The monoisotopic (exact) mass is 268 g/mol. The van der Waals surface area contributed by atoms with Crippen molar-refractivity contribution in [2.24, 2.45) is 11.7 Å². The summed E-state index contributed by atoms with van der Waals surface area (Å²) in [4.78, 5) is 2.32. The molecule has 18 heavy (non-hydrogen) atoms. The topological polar surface area (TPSA) is 29.3 Å². The minimum atomic E-state index is 0.252. The van der Waals surface area contributed by atoms with Crippen LogP contribution in [-0.2, 0) is 0 Å². The van der Waals surface area contributed by atoms with Crippen molar-refractivity contribution in [1.82, 2.24) is 4.90 Å². The van der Waals surface area contributed by atoms with Gasteiger partial charge in [0, 0.05) is 17.6 Å². The van der Waals surface area contributed by atoms with E-state index in [-0.39, 0.29) is 6.04 Å². The van der Waals surface area contributed by atoms with Crippen LogP contribution in [0.5, 0.6) is 0 Å². The molecule has 102 valence electrons. The number of halogens is 1. The van der Waals surface area contributed by atoms with Crippen LogP contribution in [0.25, 0.3) is 0 Å². The molecule has 0 aliphatic rings. The molecule has 0 saturated carbocycles. The fraction of sp³-hybridized carbons (Fsp3) is 0.600. The van der Waals surface area contributed by atoms with Gasteiger partial charge in [0.15, 0.2) is 0 Å². The van der Waals surface area contributed by atoms with E-state index < -0.39 is 0 Å². The average Bonchev–Trinajstić information content (AvgIpc) is 2.32. The lowest BCUT2D eigenvalue weighted by molar-refractivity contribution is 0.236. The lowest BCUT2D eigenvalue weighted by Gasteiger charge is -2.28. The number of nitrogens with zero attached hydrogens (tertiary/aromatic N) is 1. The fourth-order valence-corrected chi connectivity index (χ4v) is 2.19. The Kier molecular flexibility index (Phi) is 6.13. The molecule has 0 bridgehead atoms. The van der Waals surface area contributed by atoms with Gasteiger partial charge in [-0.3, -0.25) is 4.90 Å². The number of hydrogen-bond donors (Lipinski definition) is 1. The largest absolute Gasteiger partial charge is 0.329 e. The van der Waals surface area contributed by atoms with Gasteiger partial charge >= 0.3 is 0 Å². The Balaban J connectivity index is 2.78. The van der Waals surface area contributed by atoms with Crippen LogP contribution >= 0.6 is 11.6 Å². The van der Waals surface area contributed by atoms with Crippen LogP contribution < -0.4 is 5.73 Å². The molecular formula is C15H25ClN2. The summed E-state index contributed by atoms with van der Waals surface area (Å²) in [7, 11) is 2.13. The third-order valence-electron chi connectivity index (χ3n) is 3.40. The zero-order valence-corrected chi connectivity index (χ0v) is 12.7. The molecule has 0 radical (unpaired) electrons. The Morgan fingerprint density at radius 1 is 1.33 bits per heavy atom. The van der Waals surface area contributed by atoms with Crippen molar-refractivity contribution >= 4 is 11.6 Å². The fourth-order valence-electron chi connectivity index (χ4n) is 2.00. The number of hydrogen-bond acceptors (Lipinski definition) is 2. The van der Waals surface area contributed by atoms with Crippen molar-refractivity contribution in [3.63, 3.8) is 0 Å². The highest BCUT2D eigenvalue weighted by Crippen LogP contribution is 2.24. The molecule has 0 aliphatic carbocycles. The molecule has 1 rings (SSSR count). The molecule has 0 amide bonds. The number of benzene rings is 1. The van der Waals surface area contributed by atoms with Gasteiger partial charge in [-0.25, -0.2) is 0 Å². The zero-order chi connectivity index (χ0) is 13.7. The van der Waals surface area contributed by atoms with Gasteiger partial charge in [-0.1, -0.05) is 37.6 Å². The van der Waals surface area contributed by atoms with Crippen molar-refractivity contribution in [2.45, 2.75) is 33.2 Å². The molecule has 0 fully saturated rings. The van der Waals surface area contributed by atoms with Crippen LogP contribution in [-0.4, -0.2) is 25.0 Å². The number of rotatable bonds is 6. The third-order valence-corrected chi connectivity index (χ3v) is 3.80. The lowest BCUT2D eigenvalue weighted by atomic mass is 10.0. The molecule has 0 aromatic heterocycles. The Labute approximate surface area is 116 Å². The summed E-state index contributed by atoms with van der Waals surface area (Å²) < 4.78 is 0. The smallest absolute Gasteiger partial charge is 0.0467 e. The summed E-state index contributed by atoms with van der Waals surface area (Å²) in [6, 6.07) is 6.49. The summed E-state index contributed by atoms with van der Waals surface area (Å²) in [5.74, 6) is 0.715. The summed E-state index contributed by atoms with van der Waals surface area (Å²) in [5.41, 5.74) is 8.24. The van der Waals surface area contributed by atoms with E-state index in [4.69, 9.17) is 17.3 Å². The first-order valence-corrected chi connectivity index (χ1v) is 6.99. The molecule has 2 nitrogen and oxygen atoms in total. The van der Waals surface area contributed by atoms with Gasteiger partial charge in [-0.2, -0.15) is 0 Å². The first-order chi connectivity index (χ1) is 8.45. The van der Waals surface area contributed by atoms with E-state index in [1.54, 1.807) is 0 Å². The van der Waals surface area contributed by atoms with E-state index in [9.17, 15) is 0 Å². The molecule has 1 unspecified atom stereocenters. The van der Waals surface area contributed by atoms with Gasteiger partial charge < -0.3 is 5.73 Å². The van der Waals surface area contributed by atoms with Crippen LogP contribution in [0.3, 0.4) is 0 Å². The highest BCUT2D eigenvalue weighted by atomic mass is 35.5. The van der Waals surface area contributed by atoms with Crippen LogP contribution in [0.1, 0.15) is 37.4 Å². The Hall–Kier alpha value is -0.570. The second kappa shape index (κ2) is 7.13. The first kappa shape index (κ1) is 15.5. The maximum absolute atomic E-state index is 6.19. The van der Waals surface area contributed by atoms with Gasteiger partial charge in [0.2, 0.25) is 0 Å². The zero-order valence-electron chi connectivity index (χ0n) is 11.9. The van der Waals surface area contributed by atoms with E-state index >= 15 is 0 Å². The second-order valence-corrected chi connectivity index (χ2v) is 5.83. The van der Waals surface area contributed by atoms with Crippen molar-refractivity contribution < 1.29 is 0 Å². The molecule has 1 aromatic rings. The molecule has 3 heteroatoms. The molecule has 1 atom stereocenters. The van der Waals surface area contributed by atoms with Gasteiger partial charge in [-0.05, 0) is 50.0 Å². The van der Waals surface area contributed by atoms with Crippen LogP contribution in [0.15, 0.2) is 18.2 Å². The maximum atomic E-state index is 6.19. The van der Waals surface area contributed by atoms with Crippen LogP contribution in [0.4, 0.5) is 0 Å². The quantitative estimate of drug-likeness (QED) is 0.854. The summed E-state index contributed by atoms with van der Waals surface area (Å²) in [6.45, 7) is 8.19. The Bertz CT molecular complexity index is 377. The van der Waals surface area contributed by atoms with Crippen molar-refractivity contribution in [3.8, 4) is 0 Å². The summed E-state index contributed by atoms with van der Waals surface area (Å²) >= 11 is 6.19. The van der Waals surface area contributed by atoms with E-state index in [0.717, 1.165) is 17.1 Å². The van der Waals surface area contributed by atoms with E-state index in [1.165, 1.54) is 12.0 Å². The normalized spacial score (nSPS) is 13.3. The van der Waals surface area contributed by atoms with Gasteiger partial charge in [0.25, 0.3) is 0 Å². The molecule has 0 heterocycles. The van der Waals surface area contributed by atoms with Gasteiger partial charge in [0.1, 0.15) is 0 Å². The number of nitrogens with two attached hydrogens (primary N) is 1. The van der Waals surface area contributed by atoms with Crippen molar-refractivity contribution in [1.29, 1.82) is 0 Å². The van der Waals surface area contributed by atoms with Gasteiger partial charge in [-0.15, -0.1) is 0 Å². The highest BCUT2D eigenvalue weighted by Gasteiger charge is 2.16. The molecule has 2 N–H and O–H groups in total. The summed E-state index contributed by atoms with van der Waals surface area (Å²) in [6.07, 6.45) is 1.19. The molecule has 0 spiro atoms. The third kappa shape index (κ3) is 4.27. The lowest BCUT2D eigenvalue weighted by Crippen LogP contribution is -2.31. The predicted molar refractivity (Wildman–Crippen MR) is 80.1 cm³/mol. The first-order valence-electron chi connectivity index (χ1n) is 6.62. The molecular weight excluding hydrogens is 244 g/mol. The van der Waals surface area contributed by atoms with Crippen molar-refractivity contribution in [3.05, 3.63) is 34.3 Å². The van der Waals surface area contributed by atoms with Crippen LogP contribution in [0, 0.1) is 12.8 Å².